The van der Waals surface area contributed by atoms with Gasteiger partial charge in [-0.25, -0.2) is 0 Å². The Labute approximate surface area is 109 Å². The number of aliphatic hydroxyl groups excluding tert-OH is 1. The third-order valence-electron chi connectivity index (χ3n) is 3.83. The summed E-state index contributed by atoms with van der Waals surface area (Å²) in [5, 5.41) is 10.1. The molecular weight excluding hydrogens is 226 g/mol. The van der Waals surface area contributed by atoms with Crippen LogP contribution in [0.4, 0.5) is 0 Å². The molecule has 0 spiro atoms. The molecule has 1 aliphatic carbocycles. The van der Waals surface area contributed by atoms with Crippen molar-refractivity contribution in [3.8, 4) is 5.75 Å². The summed E-state index contributed by atoms with van der Waals surface area (Å²) in [6.07, 6.45) is 4.25. The Balaban J connectivity index is 1.98. The van der Waals surface area contributed by atoms with E-state index in [9.17, 15) is 5.11 Å². The minimum Gasteiger partial charge on any atom is -0.497 e. The molecule has 3 heteroatoms. The van der Waals surface area contributed by atoms with Gasteiger partial charge in [0.15, 0.2) is 0 Å². The van der Waals surface area contributed by atoms with E-state index in [1.54, 1.807) is 7.11 Å². The van der Waals surface area contributed by atoms with E-state index in [4.69, 9.17) is 4.74 Å². The van der Waals surface area contributed by atoms with Crippen molar-refractivity contribution in [1.82, 2.24) is 4.90 Å². The van der Waals surface area contributed by atoms with Crippen molar-refractivity contribution in [2.24, 2.45) is 0 Å². The number of rotatable bonds is 4. The Bertz CT molecular complexity index is 381. The quantitative estimate of drug-likeness (QED) is 0.889. The van der Waals surface area contributed by atoms with Crippen LogP contribution in [0.2, 0.25) is 0 Å². The topological polar surface area (TPSA) is 32.7 Å². The summed E-state index contributed by atoms with van der Waals surface area (Å²) in [5.74, 6) is 0.894. The number of likely N-dealkylation sites (N-methyl/N-ethyl adjacent to an activating group) is 1. The van der Waals surface area contributed by atoms with Crippen LogP contribution in [0.15, 0.2) is 24.3 Å². The fraction of sp³-hybridized carbons (Fsp3) is 0.600. The van der Waals surface area contributed by atoms with Crippen molar-refractivity contribution >= 4 is 0 Å². The number of hydrogen-bond donors (Lipinski definition) is 1. The van der Waals surface area contributed by atoms with Crippen molar-refractivity contribution < 1.29 is 9.84 Å². The van der Waals surface area contributed by atoms with E-state index in [1.807, 2.05) is 12.1 Å². The molecule has 0 aliphatic heterocycles. The minimum absolute atomic E-state index is 0.172. The van der Waals surface area contributed by atoms with E-state index < -0.39 is 0 Å². The summed E-state index contributed by atoms with van der Waals surface area (Å²) in [6, 6.07) is 8.43. The summed E-state index contributed by atoms with van der Waals surface area (Å²) in [6.45, 7) is 0.860. The highest BCUT2D eigenvalue weighted by Gasteiger charge is 2.26. The lowest BCUT2D eigenvalue weighted by atomic mass is 9.91. The predicted octanol–water partition coefficient (Wildman–Crippen LogP) is 2.43. The van der Waals surface area contributed by atoms with Gasteiger partial charge in [-0.2, -0.15) is 0 Å². The van der Waals surface area contributed by atoms with Crippen molar-refractivity contribution in [3.63, 3.8) is 0 Å². The number of ether oxygens (including phenoxy) is 1. The van der Waals surface area contributed by atoms with Gasteiger partial charge in [-0.15, -0.1) is 0 Å². The number of benzene rings is 1. The maximum atomic E-state index is 10.1. The molecule has 2 rings (SSSR count). The number of aliphatic hydroxyl groups is 1. The van der Waals surface area contributed by atoms with Crippen LogP contribution in [0.3, 0.4) is 0 Å². The highest BCUT2D eigenvalue weighted by molar-refractivity contribution is 5.28. The summed E-state index contributed by atoms with van der Waals surface area (Å²) in [4.78, 5) is 2.26. The van der Waals surface area contributed by atoms with Gasteiger partial charge in [0.25, 0.3) is 0 Å². The summed E-state index contributed by atoms with van der Waals surface area (Å²) in [7, 11) is 3.78. The third-order valence-corrected chi connectivity index (χ3v) is 3.83. The third kappa shape index (κ3) is 3.24. The Morgan fingerprint density at radius 2 is 2.11 bits per heavy atom. The molecular formula is C15H23NO2. The van der Waals surface area contributed by atoms with E-state index >= 15 is 0 Å². The zero-order chi connectivity index (χ0) is 13.0. The zero-order valence-corrected chi connectivity index (χ0v) is 11.3. The van der Waals surface area contributed by atoms with Crippen molar-refractivity contribution in [3.05, 3.63) is 29.8 Å². The molecule has 0 aromatic heterocycles. The van der Waals surface area contributed by atoms with Crippen LogP contribution < -0.4 is 4.74 Å². The van der Waals surface area contributed by atoms with E-state index in [2.05, 4.69) is 24.1 Å². The number of hydrogen-bond acceptors (Lipinski definition) is 3. The molecule has 1 fully saturated rings. The van der Waals surface area contributed by atoms with Crippen LogP contribution in [-0.4, -0.2) is 36.3 Å². The molecule has 3 nitrogen and oxygen atoms in total. The average molecular weight is 249 g/mol. The molecule has 0 unspecified atom stereocenters. The predicted molar refractivity (Wildman–Crippen MR) is 72.7 cm³/mol. The molecule has 1 N–H and O–H groups in total. The second-order valence-electron chi connectivity index (χ2n) is 5.19. The van der Waals surface area contributed by atoms with Crippen LogP contribution in [0.5, 0.6) is 5.75 Å². The monoisotopic (exact) mass is 249 g/mol. The molecule has 1 aromatic carbocycles. The second-order valence-corrected chi connectivity index (χ2v) is 5.19. The molecule has 0 bridgehead atoms. The molecule has 1 aromatic rings. The van der Waals surface area contributed by atoms with Crippen molar-refractivity contribution in [2.45, 2.75) is 44.4 Å². The molecule has 100 valence electrons. The van der Waals surface area contributed by atoms with E-state index in [-0.39, 0.29) is 6.10 Å². The fourth-order valence-corrected chi connectivity index (χ4v) is 2.78. The normalized spacial score (nSPS) is 24.2. The van der Waals surface area contributed by atoms with Gasteiger partial charge in [-0.1, -0.05) is 25.0 Å². The lowest BCUT2D eigenvalue weighted by Crippen LogP contribution is -2.42. The molecule has 1 saturated carbocycles. The Hall–Kier alpha value is -1.06. The minimum atomic E-state index is -0.172. The highest BCUT2D eigenvalue weighted by Crippen LogP contribution is 2.24. The van der Waals surface area contributed by atoms with E-state index in [0.717, 1.165) is 31.6 Å². The highest BCUT2D eigenvalue weighted by atomic mass is 16.5. The maximum Gasteiger partial charge on any atom is 0.119 e. The van der Waals surface area contributed by atoms with Gasteiger partial charge >= 0.3 is 0 Å². The zero-order valence-electron chi connectivity index (χ0n) is 11.3. The standard InChI is InChI=1S/C15H23NO2/c1-16(14-8-3-4-9-15(14)17)11-12-6-5-7-13(10-12)18-2/h5-7,10,14-15,17H,3-4,8-9,11H2,1-2H3/t14-,15-/m1/s1. The van der Waals surface area contributed by atoms with Gasteiger partial charge in [0.1, 0.15) is 5.75 Å². The first kappa shape index (κ1) is 13.4. The maximum absolute atomic E-state index is 10.1. The summed E-state index contributed by atoms with van der Waals surface area (Å²) < 4.78 is 5.24. The molecule has 2 atom stereocenters. The van der Waals surface area contributed by atoms with Gasteiger partial charge in [0.2, 0.25) is 0 Å². The fourth-order valence-electron chi connectivity index (χ4n) is 2.78. The number of nitrogens with zero attached hydrogens (tertiary/aromatic N) is 1. The first-order chi connectivity index (χ1) is 8.70. The molecule has 0 radical (unpaired) electrons. The van der Waals surface area contributed by atoms with Gasteiger partial charge in [-0.3, -0.25) is 4.90 Å². The molecule has 0 saturated heterocycles. The average Bonchev–Trinajstić information content (AvgIpc) is 2.39. The lowest BCUT2D eigenvalue weighted by molar-refractivity contribution is 0.0288. The van der Waals surface area contributed by atoms with Gasteiger partial charge < -0.3 is 9.84 Å². The van der Waals surface area contributed by atoms with E-state index in [0.29, 0.717) is 6.04 Å². The molecule has 18 heavy (non-hydrogen) atoms. The van der Waals surface area contributed by atoms with Gasteiger partial charge in [0.05, 0.1) is 13.2 Å². The van der Waals surface area contributed by atoms with Gasteiger partial charge in [0, 0.05) is 12.6 Å². The van der Waals surface area contributed by atoms with Crippen molar-refractivity contribution in [2.75, 3.05) is 14.2 Å². The first-order valence-electron chi connectivity index (χ1n) is 6.72. The Morgan fingerprint density at radius 3 is 2.83 bits per heavy atom. The molecule has 0 amide bonds. The largest absolute Gasteiger partial charge is 0.497 e. The van der Waals surface area contributed by atoms with Crippen LogP contribution in [0.25, 0.3) is 0 Å². The number of methoxy groups -OCH3 is 1. The Morgan fingerprint density at radius 1 is 1.33 bits per heavy atom. The first-order valence-corrected chi connectivity index (χ1v) is 6.72. The van der Waals surface area contributed by atoms with Crippen LogP contribution in [0.1, 0.15) is 31.2 Å². The molecule has 0 heterocycles. The summed E-state index contributed by atoms with van der Waals surface area (Å²) >= 11 is 0. The lowest BCUT2D eigenvalue weighted by Gasteiger charge is -2.35. The smallest absolute Gasteiger partial charge is 0.119 e. The van der Waals surface area contributed by atoms with Crippen LogP contribution >= 0.6 is 0 Å². The SMILES string of the molecule is COc1cccc(CN(C)[C@@H]2CCCC[C@H]2O)c1. The molecule has 1 aliphatic rings. The van der Waals surface area contributed by atoms with Gasteiger partial charge in [-0.05, 0) is 37.6 Å². The second kappa shape index (κ2) is 6.21. The van der Waals surface area contributed by atoms with Crippen LogP contribution in [-0.2, 0) is 6.54 Å². The Kier molecular flexibility index (Phi) is 4.61. The van der Waals surface area contributed by atoms with Crippen molar-refractivity contribution in [1.29, 1.82) is 0 Å². The van der Waals surface area contributed by atoms with Crippen LogP contribution in [0, 0.1) is 0 Å². The summed E-state index contributed by atoms with van der Waals surface area (Å²) in [5.41, 5.74) is 1.23. The van der Waals surface area contributed by atoms with E-state index in [1.165, 1.54) is 12.0 Å².